The molecule has 2 heterocycles. The molecule has 1 aromatic heterocycles. The van der Waals surface area contributed by atoms with Crippen LogP contribution < -0.4 is 14.5 Å². The van der Waals surface area contributed by atoms with Crippen molar-refractivity contribution in [2.75, 3.05) is 47.2 Å². The molecule has 246 valence electrons. The molecule has 48 heavy (non-hydrogen) atoms. The first kappa shape index (κ1) is 32.5. The monoisotopic (exact) mass is 664 g/mol. The van der Waals surface area contributed by atoms with Crippen LogP contribution in [0.1, 0.15) is 39.0 Å². The lowest BCUT2D eigenvalue weighted by atomic mass is 10.1. The van der Waals surface area contributed by atoms with Gasteiger partial charge in [-0.3, -0.25) is 13.9 Å². The number of rotatable bonds is 10. The van der Waals surface area contributed by atoms with Crippen molar-refractivity contribution in [3.63, 3.8) is 0 Å². The minimum absolute atomic E-state index is 0.0705. The number of piperazine rings is 1. The lowest BCUT2D eigenvalue weighted by molar-refractivity contribution is -0.114. The lowest BCUT2D eigenvalue weighted by Crippen LogP contribution is -2.49. The number of fused-ring (bicyclic) bond motifs is 1. The second kappa shape index (κ2) is 14.1. The Morgan fingerprint density at radius 3 is 2.27 bits per heavy atom. The Balaban J connectivity index is 1.25. The van der Waals surface area contributed by atoms with Crippen molar-refractivity contribution in [1.82, 2.24) is 4.90 Å². The maximum atomic E-state index is 14.5. The molecule has 6 rings (SSSR count). The number of aryl methyl sites for hydroxylation is 1. The zero-order valence-corrected chi connectivity index (χ0v) is 27.5. The Labute approximate surface area is 281 Å². The van der Waals surface area contributed by atoms with Crippen LogP contribution in [0.5, 0.6) is 0 Å². The fraction of sp³-hybridized carbons (Fsp3) is 0.216. The number of nitrogens with one attached hydrogen (secondary N) is 1. The average Bonchev–Trinajstić information content (AvgIpc) is 3.44. The third-order valence-corrected chi connectivity index (χ3v) is 9.90. The summed E-state index contributed by atoms with van der Waals surface area (Å²) in [5.74, 6) is -1.51. The Morgan fingerprint density at radius 2 is 1.58 bits per heavy atom. The largest absolute Gasteiger partial charge is 0.475 e. The fourth-order valence-corrected chi connectivity index (χ4v) is 7.23. The number of furan rings is 1. The first-order valence-electron chi connectivity index (χ1n) is 15.7. The van der Waals surface area contributed by atoms with Gasteiger partial charge >= 0.3 is 5.97 Å². The molecule has 0 radical (unpaired) electrons. The molecular formula is C37H36N4O6S. The summed E-state index contributed by atoms with van der Waals surface area (Å²) in [6.45, 7) is 5.79. The molecule has 1 aliphatic heterocycles. The first-order chi connectivity index (χ1) is 23.2. The number of carbonyl (C=O) groups is 3. The lowest BCUT2D eigenvalue weighted by Gasteiger charge is -2.38. The summed E-state index contributed by atoms with van der Waals surface area (Å²) in [6, 6.07) is 29.9. The first-order valence-corrected chi connectivity index (χ1v) is 16.8. The second-order valence-corrected chi connectivity index (χ2v) is 13.0. The number of amides is 2. The highest BCUT2D eigenvalue weighted by atomic mass is 32.2. The molecule has 10 nitrogen and oxygen atoms in total. The van der Waals surface area contributed by atoms with Crippen LogP contribution in [0.3, 0.4) is 0 Å². The quantitative estimate of drug-likeness (QED) is 0.184. The zero-order valence-electron chi connectivity index (χ0n) is 26.7. The highest BCUT2D eigenvalue weighted by molar-refractivity contribution is 7.86. The van der Waals surface area contributed by atoms with E-state index in [1.165, 1.54) is 6.92 Å². The summed E-state index contributed by atoms with van der Waals surface area (Å²) >= 11 is 0. The molecule has 4 aromatic carbocycles. The standard InChI is InChI=1S/C37H36N4O6S/c1-25-31-24-30(16-17-34(31)47-35(25)37(44)45)48(46)41(19-18-27-8-4-3-5-9-27)33-11-7-6-10-32(33)39-20-22-40(23-21-39)36(43)28-12-14-29(15-13-28)38-26(2)42/h3-17,24H,18-23H2,1-2H3,(H,38,42)(H,44,45). The van der Waals surface area contributed by atoms with E-state index in [-0.39, 0.29) is 17.6 Å². The number of carboxylic acids is 1. The van der Waals surface area contributed by atoms with Crippen LogP contribution in [0.4, 0.5) is 17.1 Å². The van der Waals surface area contributed by atoms with E-state index in [0.717, 1.165) is 16.9 Å². The van der Waals surface area contributed by atoms with Crippen LogP contribution in [0.25, 0.3) is 11.0 Å². The number of aromatic carboxylic acids is 1. The Kier molecular flexibility index (Phi) is 9.58. The molecule has 1 aliphatic rings. The number of hydrogen-bond acceptors (Lipinski definition) is 6. The summed E-state index contributed by atoms with van der Waals surface area (Å²) < 4.78 is 21.9. The molecule has 2 amide bonds. The van der Waals surface area contributed by atoms with Crippen LogP contribution in [0.2, 0.25) is 0 Å². The smallest absolute Gasteiger partial charge is 0.372 e. The fourth-order valence-electron chi connectivity index (χ4n) is 5.98. The molecule has 11 heteroatoms. The van der Waals surface area contributed by atoms with Gasteiger partial charge in [0.05, 0.1) is 16.3 Å². The van der Waals surface area contributed by atoms with Gasteiger partial charge in [0, 0.05) is 61.8 Å². The van der Waals surface area contributed by atoms with Crippen LogP contribution >= 0.6 is 0 Å². The summed E-state index contributed by atoms with van der Waals surface area (Å²) in [5, 5.41) is 12.9. The molecule has 1 atom stereocenters. The normalized spacial score (nSPS) is 13.7. The van der Waals surface area contributed by atoms with Gasteiger partial charge in [0.1, 0.15) is 5.58 Å². The molecular weight excluding hydrogens is 628 g/mol. The van der Waals surface area contributed by atoms with Gasteiger partial charge in [0.2, 0.25) is 11.7 Å². The van der Waals surface area contributed by atoms with Crippen molar-refractivity contribution in [2.45, 2.75) is 25.2 Å². The van der Waals surface area contributed by atoms with E-state index in [1.54, 1.807) is 49.4 Å². The molecule has 5 aromatic rings. The molecule has 1 fully saturated rings. The highest BCUT2D eigenvalue weighted by Gasteiger charge is 2.27. The van der Waals surface area contributed by atoms with Gasteiger partial charge in [-0.2, -0.15) is 0 Å². The average molecular weight is 665 g/mol. The van der Waals surface area contributed by atoms with Crippen LogP contribution in [-0.4, -0.2) is 64.7 Å². The van der Waals surface area contributed by atoms with Crippen LogP contribution in [-0.2, 0) is 22.2 Å². The number of nitrogens with zero attached hydrogens (tertiary/aromatic N) is 3. The number of hydrogen-bond donors (Lipinski definition) is 2. The predicted octanol–water partition coefficient (Wildman–Crippen LogP) is 6.13. The van der Waals surface area contributed by atoms with Crippen molar-refractivity contribution in [2.24, 2.45) is 0 Å². The minimum atomic E-state index is -1.64. The molecule has 0 saturated carbocycles. The molecule has 1 unspecified atom stereocenters. The third kappa shape index (κ3) is 6.96. The Bertz CT molecular complexity index is 1980. The third-order valence-electron chi connectivity index (χ3n) is 8.46. The molecule has 0 bridgehead atoms. The highest BCUT2D eigenvalue weighted by Crippen LogP contribution is 2.34. The summed E-state index contributed by atoms with van der Waals surface area (Å²) in [6.07, 6.45) is 0.653. The van der Waals surface area contributed by atoms with E-state index in [4.69, 9.17) is 4.42 Å². The van der Waals surface area contributed by atoms with Crippen molar-refractivity contribution >= 4 is 56.8 Å². The number of carboxylic acid groups (broad SMARTS) is 1. The Morgan fingerprint density at radius 1 is 0.896 bits per heavy atom. The van der Waals surface area contributed by atoms with Gasteiger partial charge < -0.3 is 24.6 Å². The van der Waals surface area contributed by atoms with Crippen molar-refractivity contribution in [3.8, 4) is 0 Å². The predicted molar refractivity (Wildman–Crippen MR) is 187 cm³/mol. The number of anilines is 3. The van der Waals surface area contributed by atoms with E-state index in [1.807, 2.05) is 63.8 Å². The molecule has 0 aliphatic carbocycles. The summed E-state index contributed by atoms with van der Waals surface area (Å²) in [5.41, 5.74) is 4.94. The SMILES string of the molecule is CC(=O)Nc1ccc(C(=O)N2CCN(c3ccccc3N(CCc3ccccc3)S(=O)c3ccc4oc(C(=O)O)c(C)c4c3)CC2)cc1. The van der Waals surface area contributed by atoms with Crippen LogP contribution in [0, 0.1) is 6.92 Å². The number of carbonyl (C=O) groups excluding carboxylic acids is 2. The van der Waals surface area contributed by atoms with E-state index >= 15 is 0 Å². The van der Waals surface area contributed by atoms with Gasteiger partial charge in [0.25, 0.3) is 5.91 Å². The topological polar surface area (TPSA) is 123 Å². The van der Waals surface area contributed by atoms with E-state index in [0.29, 0.717) is 71.8 Å². The maximum Gasteiger partial charge on any atom is 0.372 e. The van der Waals surface area contributed by atoms with Crippen molar-refractivity contribution in [1.29, 1.82) is 0 Å². The molecule has 2 N–H and O–H groups in total. The van der Waals surface area contributed by atoms with E-state index in [9.17, 15) is 23.7 Å². The van der Waals surface area contributed by atoms with E-state index < -0.39 is 17.0 Å². The summed E-state index contributed by atoms with van der Waals surface area (Å²) in [4.78, 5) is 40.9. The van der Waals surface area contributed by atoms with Gasteiger partial charge in [-0.25, -0.2) is 9.00 Å². The van der Waals surface area contributed by atoms with Gasteiger partial charge in [-0.05, 0) is 73.5 Å². The van der Waals surface area contributed by atoms with Crippen LogP contribution in [0.15, 0.2) is 106 Å². The number of benzene rings is 4. The minimum Gasteiger partial charge on any atom is -0.475 e. The Hall–Kier alpha value is -5.42. The molecule has 0 spiro atoms. The van der Waals surface area contributed by atoms with Gasteiger partial charge in [-0.1, -0.05) is 42.5 Å². The second-order valence-electron chi connectivity index (χ2n) is 11.6. The summed E-state index contributed by atoms with van der Waals surface area (Å²) in [7, 11) is -1.64. The van der Waals surface area contributed by atoms with Crippen molar-refractivity contribution in [3.05, 3.63) is 120 Å². The van der Waals surface area contributed by atoms with Gasteiger partial charge in [-0.15, -0.1) is 0 Å². The molecule has 1 saturated heterocycles. The zero-order chi connectivity index (χ0) is 33.8. The van der Waals surface area contributed by atoms with E-state index in [2.05, 4.69) is 10.2 Å². The number of para-hydroxylation sites is 2. The maximum absolute atomic E-state index is 14.5. The van der Waals surface area contributed by atoms with Gasteiger partial charge in [0.15, 0.2) is 11.0 Å². The van der Waals surface area contributed by atoms with Crippen molar-refractivity contribution < 1.29 is 28.1 Å².